The molecule has 0 spiro atoms. The highest BCUT2D eigenvalue weighted by molar-refractivity contribution is 5.68. The number of hydrogen-bond acceptors (Lipinski definition) is 7. The van der Waals surface area contributed by atoms with Gasteiger partial charge in [-0.3, -0.25) is 0 Å². The topological polar surface area (TPSA) is 123 Å². The van der Waals surface area contributed by atoms with Gasteiger partial charge in [-0.1, -0.05) is 60.7 Å². The Hall–Kier alpha value is -4.50. The lowest BCUT2D eigenvalue weighted by Gasteiger charge is -2.28. The van der Waals surface area contributed by atoms with Crippen molar-refractivity contribution in [2.45, 2.75) is 50.7 Å². The molecule has 3 N–H and O–H groups in total. The molecule has 0 aliphatic heterocycles. The molecule has 0 bridgehead atoms. The van der Waals surface area contributed by atoms with Crippen LogP contribution < -0.4 is 10.6 Å². The van der Waals surface area contributed by atoms with Crippen LogP contribution in [0, 0.1) is 0 Å². The maximum Gasteiger partial charge on any atom is 0.407 e. The minimum absolute atomic E-state index is 0.0389. The fourth-order valence-corrected chi connectivity index (χ4v) is 4.15. The lowest BCUT2D eigenvalue weighted by Crippen LogP contribution is -2.48. The fraction of sp³-hybridized carbons (Fsp3) is 0.267. The number of aliphatic hydroxyl groups is 1. The van der Waals surface area contributed by atoms with E-state index < -0.39 is 30.4 Å². The van der Waals surface area contributed by atoms with E-state index in [-0.39, 0.29) is 19.6 Å². The zero-order valence-corrected chi connectivity index (χ0v) is 21.4. The van der Waals surface area contributed by atoms with Gasteiger partial charge in [0.05, 0.1) is 37.2 Å². The maximum atomic E-state index is 12.6. The molecule has 0 saturated heterocycles. The number of carbonyl (C=O) groups excluding carboxylic acids is 2. The molecular formula is C30H32N2O7. The number of furan rings is 2. The van der Waals surface area contributed by atoms with E-state index in [2.05, 4.69) is 10.6 Å². The van der Waals surface area contributed by atoms with Gasteiger partial charge in [0.25, 0.3) is 0 Å². The summed E-state index contributed by atoms with van der Waals surface area (Å²) in [5.41, 5.74) is 3.36. The number of hydrogen-bond donors (Lipinski definition) is 3. The van der Waals surface area contributed by atoms with E-state index >= 15 is 0 Å². The van der Waals surface area contributed by atoms with E-state index in [1.807, 2.05) is 60.7 Å². The molecule has 2 heterocycles. The second kappa shape index (κ2) is 14.4. The fourth-order valence-electron chi connectivity index (χ4n) is 4.15. The highest BCUT2D eigenvalue weighted by atomic mass is 16.6. The third-order valence-corrected chi connectivity index (χ3v) is 6.14. The number of ether oxygens (including phenoxy) is 2. The number of nitrogens with one attached hydrogen (secondary N) is 2. The van der Waals surface area contributed by atoms with Crippen molar-refractivity contribution in [3.8, 4) is 0 Å². The molecule has 0 unspecified atom stereocenters. The van der Waals surface area contributed by atoms with Gasteiger partial charge >= 0.3 is 12.2 Å². The SMILES string of the molecule is O=C(N[C@@H](Cc1ccccc1)C[C@H](O)[C@H](Cc1ccccc1)NC(=O)OCc1ccoc1)OCc1ccoc1. The van der Waals surface area contributed by atoms with Crippen LogP contribution >= 0.6 is 0 Å². The van der Waals surface area contributed by atoms with Crippen molar-refractivity contribution in [1.82, 2.24) is 10.6 Å². The molecule has 9 nitrogen and oxygen atoms in total. The van der Waals surface area contributed by atoms with Crippen molar-refractivity contribution in [3.63, 3.8) is 0 Å². The molecule has 4 rings (SSSR count). The van der Waals surface area contributed by atoms with Crippen LogP contribution in [0.25, 0.3) is 0 Å². The summed E-state index contributed by atoms with van der Waals surface area (Å²) in [6, 6.07) is 21.4. The summed E-state index contributed by atoms with van der Waals surface area (Å²) in [5, 5.41) is 17.0. The van der Waals surface area contributed by atoms with Gasteiger partial charge in [-0.05, 0) is 42.5 Å². The second-order valence-electron chi connectivity index (χ2n) is 9.19. The molecular weight excluding hydrogens is 500 g/mol. The van der Waals surface area contributed by atoms with Crippen molar-refractivity contribution < 1.29 is 33.0 Å². The first-order valence-electron chi connectivity index (χ1n) is 12.7. The Morgan fingerprint density at radius 3 is 1.72 bits per heavy atom. The Balaban J connectivity index is 1.42. The average molecular weight is 533 g/mol. The van der Waals surface area contributed by atoms with Gasteiger partial charge in [-0.25, -0.2) is 9.59 Å². The van der Waals surface area contributed by atoms with Crippen LogP contribution in [0.1, 0.15) is 28.7 Å². The summed E-state index contributed by atoms with van der Waals surface area (Å²) in [5.74, 6) is 0. The Kier molecular flexibility index (Phi) is 10.2. The number of rotatable bonds is 13. The van der Waals surface area contributed by atoms with Crippen LogP contribution in [0.4, 0.5) is 9.59 Å². The van der Waals surface area contributed by atoms with E-state index in [0.717, 1.165) is 16.7 Å². The first-order valence-corrected chi connectivity index (χ1v) is 12.7. The van der Waals surface area contributed by atoms with Gasteiger partial charge in [0.2, 0.25) is 0 Å². The lowest BCUT2D eigenvalue weighted by atomic mass is 9.94. The molecule has 39 heavy (non-hydrogen) atoms. The summed E-state index contributed by atoms with van der Waals surface area (Å²) in [4.78, 5) is 25.2. The van der Waals surface area contributed by atoms with Crippen molar-refractivity contribution in [2.75, 3.05) is 0 Å². The van der Waals surface area contributed by atoms with Crippen LogP contribution in [-0.4, -0.2) is 35.5 Å². The summed E-state index contributed by atoms with van der Waals surface area (Å²) in [7, 11) is 0. The Morgan fingerprint density at radius 1 is 0.692 bits per heavy atom. The van der Waals surface area contributed by atoms with Crippen LogP contribution in [0.2, 0.25) is 0 Å². The molecule has 2 aromatic heterocycles. The first-order chi connectivity index (χ1) is 19.0. The van der Waals surface area contributed by atoms with Crippen LogP contribution in [0.15, 0.2) is 107 Å². The lowest BCUT2D eigenvalue weighted by molar-refractivity contribution is 0.0860. The van der Waals surface area contributed by atoms with Gasteiger partial charge in [-0.2, -0.15) is 0 Å². The largest absolute Gasteiger partial charge is 0.472 e. The van der Waals surface area contributed by atoms with Gasteiger partial charge in [0.15, 0.2) is 0 Å². The predicted octanol–water partition coefficient (Wildman–Crippen LogP) is 5.00. The summed E-state index contributed by atoms with van der Waals surface area (Å²) < 4.78 is 20.7. The number of alkyl carbamates (subject to hydrolysis) is 2. The Bertz CT molecular complexity index is 1250. The van der Waals surface area contributed by atoms with Gasteiger partial charge in [-0.15, -0.1) is 0 Å². The highest BCUT2D eigenvalue weighted by Gasteiger charge is 2.27. The zero-order valence-electron chi connectivity index (χ0n) is 21.4. The van der Waals surface area contributed by atoms with Crippen molar-refractivity contribution in [3.05, 3.63) is 120 Å². The van der Waals surface area contributed by atoms with Crippen molar-refractivity contribution >= 4 is 12.2 Å². The van der Waals surface area contributed by atoms with Crippen molar-refractivity contribution in [1.29, 1.82) is 0 Å². The van der Waals surface area contributed by atoms with E-state index in [1.54, 1.807) is 12.1 Å². The van der Waals surface area contributed by atoms with E-state index in [1.165, 1.54) is 25.1 Å². The number of carbonyl (C=O) groups is 2. The van der Waals surface area contributed by atoms with Gasteiger partial charge < -0.3 is 34.0 Å². The smallest absolute Gasteiger partial charge is 0.407 e. The minimum Gasteiger partial charge on any atom is -0.472 e. The van der Waals surface area contributed by atoms with Gasteiger partial charge in [0.1, 0.15) is 13.2 Å². The van der Waals surface area contributed by atoms with E-state index in [0.29, 0.717) is 18.4 Å². The molecule has 0 fully saturated rings. The standard InChI is InChI=1S/C30H32N2O7/c33-28(27(16-23-9-5-2-6-10-23)32-30(35)39-21-25-12-14-37-19-25)17-26(15-22-7-3-1-4-8-22)31-29(34)38-20-24-11-13-36-18-24/h1-14,18-19,26-28,33H,15-17,20-21H2,(H,31,34)(H,32,35)/t26-,27-,28-/m0/s1. The van der Waals surface area contributed by atoms with Crippen LogP contribution in [0.3, 0.4) is 0 Å². The Morgan fingerprint density at radius 2 is 1.21 bits per heavy atom. The van der Waals surface area contributed by atoms with E-state index in [4.69, 9.17) is 18.3 Å². The molecule has 0 radical (unpaired) electrons. The molecule has 3 atom stereocenters. The molecule has 2 amide bonds. The Labute approximate surface area is 226 Å². The highest BCUT2D eigenvalue weighted by Crippen LogP contribution is 2.15. The molecule has 204 valence electrons. The van der Waals surface area contributed by atoms with Crippen LogP contribution in [-0.2, 0) is 35.5 Å². The number of amides is 2. The maximum absolute atomic E-state index is 12.6. The van der Waals surface area contributed by atoms with E-state index in [9.17, 15) is 14.7 Å². The molecule has 0 aliphatic carbocycles. The number of aliphatic hydroxyl groups excluding tert-OH is 1. The number of benzene rings is 2. The third kappa shape index (κ3) is 9.39. The van der Waals surface area contributed by atoms with Crippen molar-refractivity contribution in [2.24, 2.45) is 0 Å². The monoisotopic (exact) mass is 532 g/mol. The van der Waals surface area contributed by atoms with Gasteiger partial charge in [0, 0.05) is 17.2 Å². The summed E-state index contributed by atoms with van der Waals surface area (Å²) in [6.07, 6.45) is 4.71. The van der Waals surface area contributed by atoms with Crippen LogP contribution in [0.5, 0.6) is 0 Å². The predicted molar refractivity (Wildman–Crippen MR) is 143 cm³/mol. The summed E-state index contributed by atoms with van der Waals surface area (Å²) in [6.45, 7) is 0.0980. The molecule has 2 aromatic carbocycles. The normalized spacial score (nSPS) is 13.2. The third-order valence-electron chi connectivity index (χ3n) is 6.14. The molecule has 9 heteroatoms. The second-order valence-corrected chi connectivity index (χ2v) is 9.19. The molecule has 0 saturated carbocycles. The summed E-state index contributed by atoms with van der Waals surface area (Å²) >= 11 is 0. The zero-order chi connectivity index (χ0) is 27.3. The minimum atomic E-state index is -1.01. The average Bonchev–Trinajstić information content (AvgIpc) is 3.66. The quantitative estimate of drug-likeness (QED) is 0.221. The molecule has 0 aliphatic rings. The first kappa shape index (κ1) is 27.5. The molecule has 4 aromatic rings.